The molecule has 5 heteroatoms. The minimum absolute atomic E-state index is 0.0284. The second-order valence-electron chi connectivity index (χ2n) is 10.4. The minimum atomic E-state index is -0.653. The van der Waals surface area contributed by atoms with E-state index in [1.54, 1.807) is 0 Å². The molecule has 0 aromatic rings. The zero-order valence-electron chi connectivity index (χ0n) is 16.9. The number of fused-ring (bicyclic) bond motifs is 3. The second kappa shape index (κ2) is 5.80. The van der Waals surface area contributed by atoms with Gasteiger partial charge in [0.1, 0.15) is 6.10 Å². The third-order valence-corrected chi connectivity index (χ3v) is 9.15. The molecule has 4 aliphatic carbocycles. The number of aliphatic hydroxyl groups excluding tert-OH is 3. The van der Waals surface area contributed by atoms with E-state index in [2.05, 4.69) is 26.0 Å². The van der Waals surface area contributed by atoms with Gasteiger partial charge in [0.15, 0.2) is 0 Å². The van der Waals surface area contributed by atoms with Crippen LogP contribution in [0.25, 0.3) is 0 Å². The second-order valence-corrected chi connectivity index (χ2v) is 10.4. The van der Waals surface area contributed by atoms with Crippen molar-refractivity contribution in [3.63, 3.8) is 0 Å². The number of ether oxygens (including phenoxy) is 1. The summed E-state index contributed by atoms with van der Waals surface area (Å²) >= 11 is 0. The molecule has 0 heterocycles. The highest BCUT2D eigenvalue weighted by molar-refractivity contribution is 5.66. The summed E-state index contributed by atoms with van der Waals surface area (Å²) < 4.78 is 5.88. The van der Waals surface area contributed by atoms with Crippen LogP contribution in [-0.4, -0.2) is 46.2 Å². The predicted octanol–water partition coefficient (Wildman–Crippen LogP) is 2.43. The maximum atomic E-state index is 11.9. The fourth-order valence-corrected chi connectivity index (χ4v) is 7.66. The standard InChI is InChI=1S/C22H34O5/c1-13(24)27-18-19(2)7-5-14-20(3)8-6-16(25)21(4,12-23)15(20)11-17(26)22(14,18)10-9-19/h9-10,14-18,23,25-26H,5-8,11-12H2,1-4H3/t14-,15-,16+,17-,18-,19+,20-,21+,22+/m0/s1. The molecule has 0 saturated heterocycles. The fraction of sp³-hybridized carbons (Fsp3) is 0.864. The Morgan fingerprint density at radius 2 is 1.78 bits per heavy atom. The summed E-state index contributed by atoms with van der Waals surface area (Å²) in [5.41, 5.74) is -1.54. The smallest absolute Gasteiger partial charge is 0.302 e. The molecule has 0 radical (unpaired) electrons. The number of carbonyl (C=O) groups excluding carboxylic acids is 1. The van der Waals surface area contributed by atoms with Crippen LogP contribution in [0.4, 0.5) is 0 Å². The normalized spacial score (nSPS) is 56.3. The molecule has 0 unspecified atom stereocenters. The first-order valence-electron chi connectivity index (χ1n) is 10.4. The van der Waals surface area contributed by atoms with Crippen LogP contribution in [0, 0.1) is 33.5 Å². The fourth-order valence-electron chi connectivity index (χ4n) is 7.66. The Hall–Kier alpha value is -0.910. The maximum absolute atomic E-state index is 11.9. The average molecular weight is 379 g/mol. The van der Waals surface area contributed by atoms with Crippen molar-refractivity contribution in [3.8, 4) is 0 Å². The lowest BCUT2D eigenvalue weighted by Crippen LogP contribution is -2.69. The summed E-state index contributed by atoms with van der Waals surface area (Å²) in [7, 11) is 0. The molecular formula is C22H34O5. The van der Waals surface area contributed by atoms with Crippen molar-refractivity contribution >= 4 is 5.97 Å². The van der Waals surface area contributed by atoms with Gasteiger partial charge in [-0.1, -0.05) is 32.9 Å². The van der Waals surface area contributed by atoms with Gasteiger partial charge in [-0.2, -0.15) is 0 Å². The van der Waals surface area contributed by atoms with Gasteiger partial charge in [0.05, 0.1) is 24.2 Å². The van der Waals surface area contributed by atoms with Crippen LogP contribution in [-0.2, 0) is 9.53 Å². The van der Waals surface area contributed by atoms with Gasteiger partial charge in [-0.05, 0) is 49.4 Å². The molecule has 27 heavy (non-hydrogen) atoms. The molecule has 2 bridgehead atoms. The van der Waals surface area contributed by atoms with Crippen molar-refractivity contribution in [3.05, 3.63) is 12.2 Å². The Kier molecular flexibility index (Phi) is 4.17. The van der Waals surface area contributed by atoms with E-state index in [1.807, 2.05) is 6.92 Å². The van der Waals surface area contributed by atoms with E-state index in [9.17, 15) is 20.1 Å². The number of esters is 1. The molecule has 3 N–H and O–H groups in total. The van der Waals surface area contributed by atoms with Crippen LogP contribution in [0.15, 0.2) is 12.2 Å². The molecule has 0 amide bonds. The molecule has 4 rings (SSSR count). The van der Waals surface area contributed by atoms with Gasteiger partial charge < -0.3 is 20.1 Å². The van der Waals surface area contributed by atoms with E-state index >= 15 is 0 Å². The highest BCUT2D eigenvalue weighted by Crippen LogP contribution is 2.72. The lowest BCUT2D eigenvalue weighted by Gasteiger charge is -2.67. The number of hydrogen-bond acceptors (Lipinski definition) is 5. The van der Waals surface area contributed by atoms with E-state index in [4.69, 9.17) is 4.74 Å². The van der Waals surface area contributed by atoms with E-state index in [-0.39, 0.29) is 41.3 Å². The van der Waals surface area contributed by atoms with E-state index in [0.717, 1.165) is 19.3 Å². The van der Waals surface area contributed by atoms with Gasteiger partial charge in [-0.15, -0.1) is 0 Å². The number of hydrogen-bond donors (Lipinski definition) is 3. The summed E-state index contributed by atoms with van der Waals surface area (Å²) in [6.45, 7) is 7.73. The first-order valence-corrected chi connectivity index (χ1v) is 10.4. The third-order valence-electron chi connectivity index (χ3n) is 9.15. The van der Waals surface area contributed by atoms with Crippen molar-refractivity contribution < 1.29 is 24.9 Å². The molecule has 0 aromatic heterocycles. The lowest BCUT2D eigenvalue weighted by molar-refractivity contribution is -0.255. The molecular weight excluding hydrogens is 344 g/mol. The highest BCUT2D eigenvalue weighted by atomic mass is 16.5. The zero-order valence-corrected chi connectivity index (χ0v) is 16.9. The quantitative estimate of drug-likeness (QED) is 0.507. The average Bonchev–Trinajstić information content (AvgIpc) is 2.77. The minimum Gasteiger partial charge on any atom is -0.461 e. The van der Waals surface area contributed by atoms with E-state index in [1.165, 1.54) is 6.92 Å². The highest BCUT2D eigenvalue weighted by Gasteiger charge is 2.72. The van der Waals surface area contributed by atoms with Gasteiger partial charge in [0, 0.05) is 17.8 Å². The molecule has 4 aliphatic rings. The Morgan fingerprint density at radius 3 is 2.41 bits per heavy atom. The lowest BCUT2D eigenvalue weighted by atomic mass is 9.38. The number of aliphatic hydroxyl groups is 3. The Balaban J connectivity index is 1.82. The van der Waals surface area contributed by atoms with Gasteiger partial charge in [-0.25, -0.2) is 0 Å². The van der Waals surface area contributed by atoms with Gasteiger partial charge >= 0.3 is 5.97 Å². The van der Waals surface area contributed by atoms with E-state index < -0.39 is 23.0 Å². The predicted molar refractivity (Wildman–Crippen MR) is 101 cm³/mol. The van der Waals surface area contributed by atoms with Crippen LogP contribution in [0.2, 0.25) is 0 Å². The van der Waals surface area contributed by atoms with Crippen LogP contribution < -0.4 is 0 Å². The van der Waals surface area contributed by atoms with E-state index in [0.29, 0.717) is 12.8 Å². The van der Waals surface area contributed by atoms with Crippen molar-refractivity contribution in [1.82, 2.24) is 0 Å². The van der Waals surface area contributed by atoms with Gasteiger partial charge in [-0.3, -0.25) is 4.79 Å². The number of carbonyl (C=O) groups is 1. The molecule has 1 spiro atoms. The SMILES string of the molecule is CC(=O)O[C@@H]1[C@]23C=C[C@@]1(C)CC[C@H]2[C@]1(C)CC[C@@H](O)[C@](C)(CO)[C@H]1C[C@@H]3O. The summed E-state index contributed by atoms with van der Waals surface area (Å²) in [5.74, 6) is -0.109. The number of rotatable bonds is 2. The Bertz CT molecular complexity index is 676. The molecule has 3 fully saturated rings. The van der Waals surface area contributed by atoms with Crippen molar-refractivity contribution in [1.29, 1.82) is 0 Å². The first kappa shape index (κ1) is 19.4. The topological polar surface area (TPSA) is 87.0 Å². The molecule has 3 saturated carbocycles. The summed E-state index contributed by atoms with van der Waals surface area (Å²) in [6, 6.07) is 0. The largest absolute Gasteiger partial charge is 0.461 e. The summed E-state index contributed by atoms with van der Waals surface area (Å²) in [6.07, 6.45) is 6.67. The summed E-state index contributed by atoms with van der Waals surface area (Å²) in [4.78, 5) is 11.9. The van der Waals surface area contributed by atoms with Crippen molar-refractivity contribution in [2.24, 2.45) is 33.5 Å². The van der Waals surface area contributed by atoms with Crippen LogP contribution in [0.1, 0.15) is 59.8 Å². The third kappa shape index (κ3) is 2.25. The van der Waals surface area contributed by atoms with Gasteiger partial charge in [0.25, 0.3) is 0 Å². The van der Waals surface area contributed by atoms with Crippen molar-refractivity contribution in [2.45, 2.75) is 78.1 Å². The Labute approximate surface area is 161 Å². The maximum Gasteiger partial charge on any atom is 0.302 e. The molecule has 5 nitrogen and oxygen atoms in total. The molecule has 0 aromatic carbocycles. The van der Waals surface area contributed by atoms with Crippen LogP contribution in [0.3, 0.4) is 0 Å². The molecule has 9 atom stereocenters. The monoisotopic (exact) mass is 378 g/mol. The summed E-state index contributed by atoms with van der Waals surface area (Å²) in [5, 5.41) is 32.3. The zero-order chi connectivity index (χ0) is 19.8. The Morgan fingerprint density at radius 1 is 1.07 bits per heavy atom. The molecule has 152 valence electrons. The van der Waals surface area contributed by atoms with Crippen LogP contribution >= 0.6 is 0 Å². The molecule has 0 aliphatic heterocycles. The van der Waals surface area contributed by atoms with Crippen LogP contribution in [0.5, 0.6) is 0 Å². The van der Waals surface area contributed by atoms with Gasteiger partial charge in [0.2, 0.25) is 0 Å². The first-order chi connectivity index (χ1) is 12.5. The van der Waals surface area contributed by atoms with Crippen molar-refractivity contribution in [2.75, 3.05) is 6.61 Å².